The zero-order valence-corrected chi connectivity index (χ0v) is 60.8. The summed E-state index contributed by atoms with van der Waals surface area (Å²) in [5.74, 6) is -2.73. The summed E-state index contributed by atoms with van der Waals surface area (Å²) in [6.07, 6.45) is 8.77. The molecule has 7 N–H and O–H groups in total. The Morgan fingerprint density at radius 1 is 0.596 bits per heavy atom. The molecule has 0 saturated carbocycles. The molecule has 2 aromatic carbocycles. The van der Waals surface area contributed by atoms with Gasteiger partial charge in [0, 0.05) is 89.3 Å². The molecule has 99 heavy (non-hydrogen) atoms. The van der Waals surface area contributed by atoms with Gasteiger partial charge in [-0.05, 0) is 113 Å². The number of esters is 2. The summed E-state index contributed by atoms with van der Waals surface area (Å²) in [5.41, 5.74) is 28.6. The number of anilines is 1. The Balaban J connectivity index is 0.000000242. The molecule has 3 fully saturated rings. The molecular weight excluding hydrogens is 1310 g/mol. The number of ether oxygens (including phenoxy) is 3. The maximum Gasteiger partial charge on any atom is 0.310 e. The third-order valence-electron chi connectivity index (χ3n) is 15.9. The molecule has 0 radical (unpaired) electrons. The summed E-state index contributed by atoms with van der Waals surface area (Å²) >= 11 is 4.60. The second-order valence-corrected chi connectivity index (χ2v) is 29.9. The van der Waals surface area contributed by atoms with E-state index in [-0.39, 0.29) is 80.9 Å². The smallest absolute Gasteiger partial charge is 0.310 e. The number of aromatic nitrogens is 6. The first-order valence-corrected chi connectivity index (χ1v) is 35.2. The van der Waals surface area contributed by atoms with E-state index in [1.165, 1.54) is 40.4 Å². The van der Waals surface area contributed by atoms with Crippen LogP contribution in [0.25, 0.3) is 31.3 Å². The summed E-state index contributed by atoms with van der Waals surface area (Å²) in [6, 6.07) is 31.7. The average molecular weight is 1410 g/mol. The Kier molecular flexibility index (Phi) is 30.4. The van der Waals surface area contributed by atoms with Crippen LogP contribution in [0, 0.1) is 32.6 Å². The highest BCUT2D eigenvalue weighted by Crippen LogP contribution is 2.38. The number of thiazole rings is 3. The van der Waals surface area contributed by atoms with Crippen molar-refractivity contribution >= 4 is 79.6 Å². The molecule has 3 aliphatic rings. The van der Waals surface area contributed by atoms with Crippen LogP contribution in [0.1, 0.15) is 167 Å². The molecular formula is C76H102N12O8S3. The topological polar surface area (TPSA) is 296 Å². The van der Waals surface area contributed by atoms with E-state index in [2.05, 4.69) is 141 Å². The van der Waals surface area contributed by atoms with Crippen molar-refractivity contribution in [1.82, 2.24) is 40.1 Å². The molecule has 8 aromatic rings. The van der Waals surface area contributed by atoms with Crippen LogP contribution in [0.2, 0.25) is 0 Å². The summed E-state index contributed by atoms with van der Waals surface area (Å²) in [6.45, 7) is 32.0. The highest BCUT2D eigenvalue weighted by atomic mass is 32.1. The average Bonchev–Trinajstić information content (AvgIpc) is 1.79. The molecule has 0 bridgehead atoms. The first kappa shape index (κ1) is 81.2. The monoisotopic (exact) mass is 1410 g/mol. The lowest BCUT2D eigenvalue weighted by Crippen LogP contribution is -2.44. The van der Waals surface area contributed by atoms with Crippen molar-refractivity contribution in [3.05, 3.63) is 166 Å². The molecule has 6 aromatic heterocycles. The SMILES string of the molecule is C.C.C1CCOC1.CCOC(=O)[C@@H]1CN[C@H](C(N)=O)C1.CCOC(=O)[C@H]1C[C@@H](C(N)=O)N(C(=O)Cc2nc(C)c(-c3ccnc(C(C)(C)C)c3)s2)C1.Cc1nc(N)sc1-c1ccnc(C(C)(C)C)c1.Cc1nc(N=C(c2ccccc2)c2ccccc2)sc1-c1ccnc(C(C)(C)C)c1. The van der Waals surface area contributed by atoms with Gasteiger partial charge in [-0.25, -0.2) is 19.9 Å². The third-order valence-corrected chi connectivity index (χ3v) is 19.2. The van der Waals surface area contributed by atoms with Crippen molar-refractivity contribution < 1.29 is 38.2 Å². The molecule has 23 heteroatoms. The lowest BCUT2D eigenvalue weighted by Gasteiger charge is -2.21. The molecule has 532 valence electrons. The number of carbonyl (C=O) groups is 5. The van der Waals surface area contributed by atoms with Gasteiger partial charge in [-0.2, -0.15) is 0 Å². The summed E-state index contributed by atoms with van der Waals surface area (Å²) in [4.78, 5) is 95.7. The highest BCUT2D eigenvalue weighted by molar-refractivity contribution is 7.19. The molecule has 4 atom stereocenters. The molecule has 20 nitrogen and oxygen atoms in total. The molecule has 0 aliphatic carbocycles. The number of pyridine rings is 3. The quantitative estimate of drug-likeness (QED) is 0.0581. The lowest BCUT2D eigenvalue weighted by molar-refractivity contribution is -0.148. The first-order valence-electron chi connectivity index (χ1n) is 32.7. The van der Waals surface area contributed by atoms with Crippen molar-refractivity contribution in [2.24, 2.45) is 28.3 Å². The van der Waals surface area contributed by atoms with Crippen LogP contribution in [-0.2, 0) is 60.8 Å². The number of nitrogens with two attached hydrogens (primary N) is 3. The van der Waals surface area contributed by atoms with Crippen LogP contribution in [0.3, 0.4) is 0 Å². The Bertz CT molecular complexity index is 3930. The minimum Gasteiger partial charge on any atom is -0.466 e. The maximum atomic E-state index is 13.0. The number of hydrogen-bond donors (Lipinski definition) is 4. The number of nitrogen functional groups attached to an aromatic ring is 1. The predicted octanol–water partition coefficient (Wildman–Crippen LogP) is 14.1. The van der Waals surface area contributed by atoms with Gasteiger partial charge in [-0.3, -0.25) is 38.9 Å². The van der Waals surface area contributed by atoms with Crippen LogP contribution in [-0.4, -0.2) is 122 Å². The standard InChI is InChI=1S/C26H25N3S.C23H30N4O4S.C13H17N3S.C8H14N2O3.C4H8O.2CH4/c1-18-24(21-15-16-27-22(17-21)26(2,3)4)30-25(28-18)29-23(19-11-7-5-8-12-19)20-13-9-6-10-14-20;1-6-31-22(30)15-9-16(21(24)29)27(12-15)19(28)11-18-26-13(2)20(32-18)14-7-8-25-17(10-14)23(3,4)5;1-8-11(17-12(14)16-8)9-5-6-15-10(7-9)13(2,3)4;1-2-13-8(12)5-3-6(7(9)11)10-4-5;1-2-4-5-3-1;;/h5-17H,1-4H3;7-8,10,15-16H,6,9,11-12H2,1-5H3,(H2,24,29);5-7H,1-4H3,(H2,14,16);5-6,10H,2-4H2,1H3,(H2,9,11);1-4H2;2*1H4/t;15-,16-;;5-,6-;;;/m.0.0.../s1. The second-order valence-electron chi connectivity index (χ2n) is 26.8. The fourth-order valence-corrected chi connectivity index (χ4v) is 13.5. The molecule has 3 saturated heterocycles. The Morgan fingerprint density at radius 3 is 1.44 bits per heavy atom. The van der Waals surface area contributed by atoms with Gasteiger partial charge in [0.1, 0.15) is 11.0 Å². The molecule has 11 rings (SSSR count). The lowest BCUT2D eigenvalue weighted by atomic mass is 9.90. The fraction of sp³-hybridized carbons (Fsp3) is 0.447. The Labute approximate surface area is 597 Å². The van der Waals surface area contributed by atoms with Crippen LogP contribution in [0.5, 0.6) is 0 Å². The van der Waals surface area contributed by atoms with E-state index in [0.717, 1.165) is 101 Å². The molecule has 3 aliphatic heterocycles. The van der Waals surface area contributed by atoms with Crippen molar-refractivity contribution in [3.63, 3.8) is 0 Å². The van der Waals surface area contributed by atoms with Gasteiger partial charge in [0.15, 0.2) is 5.13 Å². The van der Waals surface area contributed by atoms with Crippen LogP contribution >= 0.6 is 34.0 Å². The number of benzene rings is 2. The summed E-state index contributed by atoms with van der Waals surface area (Å²) < 4.78 is 14.8. The zero-order valence-electron chi connectivity index (χ0n) is 58.4. The highest BCUT2D eigenvalue weighted by Gasteiger charge is 2.42. The fourth-order valence-electron chi connectivity index (χ4n) is 10.7. The number of carbonyl (C=O) groups excluding carboxylic acids is 5. The van der Waals surface area contributed by atoms with E-state index in [4.69, 9.17) is 41.4 Å². The minimum absolute atomic E-state index is 0. The van der Waals surface area contributed by atoms with Crippen LogP contribution < -0.4 is 22.5 Å². The zero-order chi connectivity index (χ0) is 70.8. The van der Waals surface area contributed by atoms with Crippen molar-refractivity contribution in [3.8, 4) is 31.3 Å². The first-order chi connectivity index (χ1) is 45.9. The number of nitrogens with one attached hydrogen (secondary N) is 1. The summed E-state index contributed by atoms with van der Waals surface area (Å²) in [5, 5.41) is 4.90. The van der Waals surface area contributed by atoms with Crippen molar-refractivity contribution in [2.45, 2.75) is 172 Å². The van der Waals surface area contributed by atoms with E-state index in [0.29, 0.717) is 29.7 Å². The normalized spacial score (nSPS) is 16.2. The van der Waals surface area contributed by atoms with E-state index in [9.17, 15) is 24.0 Å². The largest absolute Gasteiger partial charge is 0.466 e. The van der Waals surface area contributed by atoms with Crippen molar-refractivity contribution in [1.29, 1.82) is 0 Å². The number of hydrogen-bond acceptors (Lipinski definition) is 20. The number of primary amides is 2. The predicted molar refractivity (Wildman–Crippen MR) is 401 cm³/mol. The minimum atomic E-state index is -0.813. The molecule has 3 amide bonds. The van der Waals surface area contributed by atoms with Gasteiger partial charge in [0.2, 0.25) is 22.9 Å². The van der Waals surface area contributed by atoms with Crippen molar-refractivity contribution in [2.75, 3.05) is 45.3 Å². The Hall–Kier alpha value is -8.48. The van der Waals surface area contributed by atoms with Crippen LogP contribution in [0.15, 0.2) is 121 Å². The van der Waals surface area contributed by atoms with Gasteiger partial charge in [-0.15, -0.1) is 11.3 Å². The van der Waals surface area contributed by atoms with E-state index < -0.39 is 29.7 Å². The maximum absolute atomic E-state index is 13.0. The number of likely N-dealkylation sites (tertiary alicyclic amines) is 1. The van der Waals surface area contributed by atoms with Crippen LogP contribution in [0.4, 0.5) is 10.3 Å². The number of aliphatic imine (C=N–C) groups is 1. The number of amides is 3. The number of rotatable bonds is 14. The molecule has 9 heterocycles. The van der Waals surface area contributed by atoms with Gasteiger partial charge in [0.05, 0.1) is 74.9 Å². The number of nitrogens with zero attached hydrogens (tertiary/aromatic N) is 8. The molecule has 0 spiro atoms. The third kappa shape index (κ3) is 23.3. The van der Waals surface area contributed by atoms with E-state index in [1.807, 2.05) is 81.7 Å². The molecule has 0 unspecified atom stereocenters. The number of aryl methyl sites for hydroxylation is 3. The van der Waals surface area contributed by atoms with Gasteiger partial charge >= 0.3 is 11.9 Å². The Morgan fingerprint density at radius 2 is 1.04 bits per heavy atom. The summed E-state index contributed by atoms with van der Waals surface area (Å²) in [7, 11) is 0. The van der Waals surface area contributed by atoms with E-state index in [1.54, 1.807) is 31.4 Å². The van der Waals surface area contributed by atoms with Gasteiger partial charge in [-0.1, -0.05) is 161 Å². The second kappa shape index (κ2) is 37.1. The van der Waals surface area contributed by atoms with Gasteiger partial charge < -0.3 is 41.6 Å². The van der Waals surface area contributed by atoms with Gasteiger partial charge in [0.25, 0.3) is 0 Å². The van der Waals surface area contributed by atoms with E-state index >= 15 is 0 Å².